The number of hydrogen-bond donors (Lipinski definition) is 3. The van der Waals surface area contributed by atoms with E-state index in [1.807, 2.05) is 30.3 Å². The van der Waals surface area contributed by atoms with Crippen LogP contribution in [0.5, 0.6) is 5.88 Å². The number of carbonyl (C=O) groups is 1. The summed E-state index contributed by atoms with van der Waals surface area (Å²) in [5.74, 6) is -0.446. The SMILES string of the molecule is CS(=O)(=O)N(CC(=O)N1CCCCC1)c1ccc(N=C(c2ccccc2)c2c(O)[nH]c3ccc(S(=O)(=O)Nc4ccccc4)cc23)cc1. The Kier molecular flexibility index (Phi) is 9.24. The van der Waals surface area contributed by atoms with Crippen molar-refractivity contribution in [2.75, 3.05) is 34.9 Å². The number of benzene rings is 4. The summed E-state index contributed by atoms with van der Waals surface area (Å²) in [6, 6.07) is 28.6. The van der Waals surface area contributed by atoms with Crippen molar-refractivity contribution in [2.45, 2.75) is 24.2 Å². The highest BCUT2D eigenvalue weighted by Gasteiger charge is 2.26. The smallest absolute Gasteiger partial charge is 0.261 e. The Labute approximate surface area is 279 Å². The number of aliphatic imine (C=N–C) groups is 1. The van der Waals surface area contributed by atoms with E-state index in [0.29, 0.717) is 57.9 Å². The average Bonchev–Trinajstić information content (AvgIpc) is 3.41. The number of carbonyl (C=O) groups excluding carboxylic acids is 1. The second-order valence-electron chi connectivity index (χ2n) is 11.6. The second-order valence-corrected chi connectivity index (χ2v) is 15.2. The number of aromatic nitrogens is 1. The molecule has 2 heterocycles. The van der Waals surface area contributed by atoms with Gasteiger partial charge in [-0.3, -0.25) is 13.8 Å². The number of amides is 1. The molecule has 248 valence electrons. The lowest BCUT2D eigenvalue weighted by Crippen LogP contribution is -2.44. The lowest BCUT2D eigenvalue weighted by atomic mass is 10.0. The quantitative estimate of drug-likeness (QED) is 0.162. The first-order valence-corrected chi connectivity index (χ1v) is 18.8. The Bertz CT molecular complexity index is 2180. The van der Waals surface area contributed by atoms with Gasteiger partial charge in [0, 0.05) is 35.2 Å². The van der Waals surface area contributed by atoms with Crippen LogP contribution in [0.1, 0.15) is 30.4 Å². The van der Waals surface area contributed by atoms with Crippen molar-refractivity contribution in [2.24, 2.45) is 4.99 Å². The van der Waals surface area contributed by atoms with Crippen LogP contribution >= 0.6 is 0 Å². The topological polar surface area (TPSA) is 152 Å². The average molecular weight is 686 g/mol. The molecule has 13 heteroatoms. The standard InChI is InChI=1S/C35H35N5O6S2/c1-47(43,44)40(24-32(41)39-21-9-4-10-22-39)28-17-15-26(16-18-28)36-34(25-11-5-2-6-12-25)33-30-23-29(19-20-31(30)37-35(33)42)48(45,46)38-27-13-7-3-8-14-27/h2-3,5-8,11-20,23,37-38,42H,4,9-10,21-22,24H2,1H3. The first kappa shape index (κ1) is 32.8. The fraction of sp³-hybridized carbons (Fsp3) is 0.200. The molecule has 48 heavy (non-hydrogen) atoms. The molecule has 1 saturated heterocycles. The molecule has 0 spiro atoms. The van der Waals surface area contributed by atoms with Gasteiger partial charge in [-0.05, 0) is 73.9 Å². The van der Waals surface area contributed by atoms with E-state index < -0.39 is 20.0 Å². The number of likely N-dealkylation sites (tertiary alicyclic amines) is 1. The summed E-state index contributed by atoms with van der Waals surface area (Å²) >= 11 is 0. The number of nitrogens with zero attached hydrogens (tertiary/aromatic N) is 3. The molecule has 0 aliphatic carbocycles. The van der Waals surface area contributed by atoms with Crippen LogP contribution in [-0.4, -0.2) is 69.3 Å². The summed E-state index contributed by atoms with van der Waals surface area (Å²) in [4.78, 5) is 22.5. The number of anilines is 2. The largest absolute Gasteiger partial charge is 0.494 e. The van der Waals surface area contributed by atoms with Crippen LogP contribution in [0.25, 0.3) is 10.9 Å². The molecule has 0 bridgehead atoms. The Morgan fingerprint density at radius 2 is 1.52 bits per heavy atom. The van der Waals surface area contributed by atoms with Gasteiger partial charge < -0.3 is 15.0 Å². The number of aromatic amines is 1. The van der Waals surface area contributed by atoms with Crippen LogP contribution in [0.3, 0.4) is 0 Å². The van der Waals surface area contributed by atoms with Gasteiger partial charge in [0.15, 0.2) is 5.88 Å². The van der Waals surface area contributed by atoms with Gasteiger partial charge in [0.25, 0.3) is 10.0 Å². The highest BCUT2D eigenvalue weighted by Crippen LogP contribution is 2.34. The maximum atomic E-state index is 13.3. The first-order chi connectivity index (χ1) is 23.0. The molecule has 1 aromatic heterocycles. The number of aromatic hydroxyl groups is 1. The van der Waals surface area contributed by atoms with Gasteiger partial charge in [-0.15, -0.1) is 0 Å². The normalized spacial score (nSPS) is 14.2. The monoisotopic (exact) mass is 685 g/mol. The predicted octanol–water partition coefficient (Wildman–Crippen LogP) is 5.62. The Balaban J connectivity index is 1.38. The maximum absolute atomic E-state index is 13.3. The van der Waals surface area contributed by atoms with Crippen molar-refractivity contribution in [3.63, 3.8) is 0 Å². The van der Waals surface area contributed by atoms with E-state index in [1.165, 1.54) is 12.1 Å². The summed E-state index contributed by atoms with van der Waals surface area (Å²) in [6.45, 7) is 0.929. The summed E-state index contributed by atoms with van der Waals surface area (Å²) in [6.07, 6.45) is 3.91. The van der Waals surface area contributed by atoms with Gasteiger partial charge in [0.05, 0.1) is 33.8 Å². The summed E-state index contributed by atoms with van der Waals surface area (Å²) in [5.41, 5.74) is 2.98. The zero-order valence-corrected chi connectivity index (χ0v) is 27.8. The molecule has 6 rings (SSSR count). The molecule has 5 aromatic rings. The molecule has 0 atom stereocenters. The lowest BCUT2D eigenvalue weighted by Gasteiger charge is -2.30. The minimum absolute atomic E-state index is 0.00386. The van der Waals surface area contributed by atoms with E-state index in [4.69, 9.17) is 4.99 Å². The lowest BCUT2D eigenvalue weighted by molar-refractivity contribution is -0.130. The number of H-pyrrole nitrogens is 1. The van der Waals surface area contributed by atoms with E-state index >= 15 is 0 Å². The molecule has 0 unspecified atom stereocenters. The number of fused-ring (bicyclic) bond motifs is 1. The predicted molar refractivity (Wildman–Crippen MR) is 188 cm³/mol. The van der Waals surface area contributed by atoms with Gasteiger partial charge in [-0.2, -0.15) is 0 Å². The fourth-order valence-electron chi connectivity index (χ4n) is 5.73. The number of para-hydroxylation sites is 1. The van der Waals surface area contributed by atoms with Gasteiger partial charge in [0.2, 0.25) is 15.9 Å². The van der Waals surface area contributed by atoms with Gasteiger partial charge >= 0.3 is 0 Å². The van der Waals surface area contributed by atoms with Crippen LogP contribution in [-0.2, 0) is 24.8 Å². The molecule has 3 N–H and O–H groups in total. The third-order valence-corrected chi connectivity index (χ3v) is 10.7. The third-order valence-electron chi connectivity index (χ3n) is 8.14. The maximum Gasteiger partial charge on any atom is 0.261 e. The van der Waals surface area contributed by atoms with Crippen molar-refractivity contribution in [1.82, 2.24) is 9.88 Å². The summed E-state index contributed by atoms with van der Waals surface area (Å²) in [5, 5.41) is 11.6. The van der Waals surface area contributed by atoms with Crippen LogP contribution in [0, 0.1) is 0 Å². The van der Waals surface area contributed by atoms with Gasteiger partial charge in [0.1, 0.15) is 6.54 Å². The van der Waals surface area contributed by atoms with Crippen molar-refractivity contribution in [3.05, 3.63) is 114 Å². The summed E-state index contributed by atoms with van der Waals surface area (Å²) < 4.78 is 55.8. The third kappa shape index (κ3) is 7.21. The molecule has 4 aromatic carbocycles. The molecule has 1 amide bonds. The Hall–Kier alpha value is -5.14. The highest BCUT2D eigenvalue weighted by molar-refractivity contribution is 7.92. The van der Waals surface area contributed by atoms with Crippen LogP contribution in [0.15, 0.2) is 113 Å². The van der Waals surface area contributed by atoms with Crippen molar-refractivity contribution >= 4 is 59.6 Å². The van der Waals surface area contributed by atoms with E-state index in [-0.39, 0.29) is 23.2 Å². The van der Waals surface area contributed by atoms with Crippen LogP contribution in [0.2, 0.25) is 0 Å². The van der Waals surface area contributed by atoms with Crippen LogP contribution < -0.4 is 9.03 Å². The summed E-state index contributed by atoms with van der Waals surface area (Å²) in [7, 11) is -7.74. The molecule has 0 saturated carbocycles. The second kappa shape index (κ2) is 13.5. The number of rotatable bonds is 10. The minimum atomic E-state index is -3.97. The van der Waals surface area contributed by atoms with Crippen molar-refractivity contribution in [1.29, 1.82) is 0 Å². The minimum Gasteiger partial charge on any atom is -0.494 e. The van der Waals surface area contributed by atoms with Gasteiger partial charge in [-0.25, -0.2) is 21.8 Å². The molecule has 1 aliphatic heterocycles. The number of piperidine rings is 1. The van der Waals surface area contributed by atoms with Gasteiger partial charge in [-0.1, -0.05) is 48.5 Å². The van der Waals surface area contributed by atoms with Crippen LogP contribution in [0.4, 0.5) is 17.1 Å². The Morgan fingerprint density at radius 3 is 2.17 bits per heavy atom. The zero-order valence-electron chi connectivity index (χ0n) is 26.2. The molecule has 0 radical (unpaired) electrons. The van der Waals surface area contributed by atoms with E-state index in [9.17, 15) is 26.7 Å². The zero-order chi connectivity index (χ0) is 33.9. The van der Waals surface area contributed by atoms with Crippen molar-refractivity contribution < 1.29 is 26.7 Å². The van der Waals surface area contributed by atoms with E-state index in [1.54, 1.807) is 65.6 Å². The Morgan fingerprint density at radius 1 is 0.875 bits per heavy atom. The van der Waals surface area contributed by atoms with E-state index in [0.717, 1.165) is 29.8 Å². The molecule has 1 fully saturated rings. The van der Waals surface area contributed by atoms with Crippen molar-refractivity contribution in [3.8, 4) is 5.88 Å². The molecule has 11 nitrogen and oxygen atoms in total. The first-order valence-electron chi connectivity index (χ1n) is 15.4. The van der Waals surface area contributed by atoms with E-state index in [2.05, 4.69) is 9.71 Å². The molecule has 1 aliphatic rings. The number of sulfonamides is 2. The number of nitrogens with one attached hydrogen (secondary N) is 2. The fourth-order valence-corrected chi connectivity index (χ4v) is 7.67. The number of hydrogen-bond acceptors (Lipinski definition) is 7. The molecular weight excluding hydrogens is 651 g/mol. The highest BCUT2D eigenvalue weighted by atomic mass is 32.2. The molecular formula is C35H35N5O6S2.